The van der Waals surface area contributed by atoms with Crippen LogP contribution in [0.3, 0.4) is 0 Å². The molecule has 3 aromatic rings. The monoisotopic (exact) mass is 336 g/mol. The summed E-state index contributed by atoms with van der Waals surface area (Å²) in [5.74, 6) is -0.550. The van der Waals surface area contributed by atoms with Gasteiger partial charge >= 0.3 is 0 Å². The number of phenolic OH excluding ortho intramolecular Hbond substituents is 1. The van der Waals surface area contributed by atoms with Gasteiger partial charge in [0, 0.05) is 31.0 Å². The predicted molar refractivity (Wildman–Crippen MR) is 96.5 cm³/mol. The van der Waals surface area contributed by atoms with Crippen LogP contribution in [0.4, 0.5) is 0 Å². The van der Waals surface area contributed by atoms with E-state index in [1.807, 2.05) is 42.5 Å². The predicted octanol–water partition coefficient (Wildman–Crippen LogP) is 2.52. The number of carbonyl (C=O) groups is 1. The molecule has 0 spiro atoms. The first-order valence-electron chi connectivity index (χ1n) is 8.18. The standard InChI is InChI=1S/C20H20N2O3/c23-13-14(9-17-7-3-4-8-21-17)12-22-20(25)18-10-15-5-1-2-6-16(15)11-19(18)24/h1-8,10-11,14,23-24H,9,12-13H2,(H,22,25). The Hall–Kier alpha value is -2.92. The molecule has 1 aromatic heterocycles. The van der Waals surface area contributed by atoms with Crippen molar-refractivity contribution in [1.82, 2.24) is 10.3 Å². The minimum absolute atomic E-state index is 0.0542. The maximum atomic E-state index is 12.4. The molecule has 2 aromatic carbocycles. The van der Waals surface area contributed by atoms with Crippen LogP contribution >= 0.6 is 0 Å². The number of rotatable bonds is 6. The molecule has 128 valence electrons. The first-order chi connectivity index (χ1) is 12.2. The molecule has 0 aliphatic carbocycles. The summed E-state index contributed by atoms with van der Waals surface area (Å²) < 4.78 is 0. The minimum atomic E-state index is -0.359. The second-order valence-electron chi connectivity index (χ2n) is 6.00. The third kappa shape index (κ3) is 4.14. The number of carbonyl (C=O) groups excluding carboxylic acids is 1. The summed E-state index contributed by atoms with van der Waals surface area (Å²) in [4.78, 5) is 16.6. The number of aliphatic hydroxyl groups is 1. The molecule has 0 bridgehead atoms. The van der Waals surface area contributed by atoms with Gasteiger partial charge in [0.15, 0.2) is 0 Å². The maximum absolute atomic E-state index is 12.4. The summed E-state index contributed by atoms with van der Waals surface area (Å²) in [7, 11) is 0. The Labute approximate surface area is 146 Å². The number of hydrogen-bond acceptors (Lipinski definition) is 4. The molecule has 5 heteroatoms. The average Bonchev–Trinajstić information content (AvgIpc) is 2.65. The zero-order valence-corrected chi connectivity index (χ0v) is 13.7. The molecule has 0 radical (unpaired) electrons. The molecular formula is C20H20N2O3. The van der Waals surface area contributed by atoms with E-state index in [-0.39, 0.29) is 29.7 Å². The Bertz CT molecular complexity index is 865. The summed E-state index contributed by atoms with van der Waals surface area (Å²) in [6.07, 6.45) is 2.27. The van der Waals surface area contributed by atoms with E-state index in [9.17, 15) is 15.0 Å². The van der Waals surface area contributed by atoms with Gasteiger partial charge in [-0.3, -0.25) is 9.78 Å². The van der Waals surface area contributed by atoms with Crippen molar-refractivity contribution in [2.75, 3.05) is 13.2 Å². The van der Waals surface area contributed by atoms with Crippen molar-refractivity contribution in [3.63, 3.8) is 0 Å². The summed E-state index contributed by atoms with van der Waals surface area (Å²) in [5.41, 5.74) is 1.09. The second kappa shape index (κ2) is 7.77. The van der Waals surface area contributed by atoms with Crippen LogP contribution in [0.15, 0.2) is 60.8 Å². The molecular weight excluding hydrogens is 316 g/mol. The fraction of sp³-hybridized carbons (Fsp3) is 0.200. The van der Waals surface area contributed by atoms with E-state index >= 15 is 0 Å². The lowest BCUT2D eigenvalue weighted by Gasteiger charge is -2.15. The third-order valence-corrected chi connectivity index (χ3v) is 4.14. The zero-order valence-electron chi connectivity index (χ0n) is 13.7. The Kier molecular flexibility index (Phi) is 5.26. The van der Waals surface area contributed by atoms with E-state index in [1.165, 1.54) is 0 Å². The van der Waals surface area contributed by atoms with E-state index in [0.29, 0.717) is 13.0 Å². The number of nitrogens with zero attached hydrogens (tertiary/aromatic N) is 1. The highest BCUT2D eigenvalue weighted by atomic mass is 16.3. The van der Waals surface area contributed by atoms with E-state index < -0.39 is 0 Å². The lowest BCUT2D eigenvalue weighted by atomic mass is 10.0. The van der Waals surface area contributed by atoms with Gasteiger partial charge in [-0.2, -0.15) is 0 Å². The topological polar surface area (TPSA) is 82.5 Å². The Balaban J connectivity index is 1.68. The van der Waals surface area contributed by atoms with Crippen LogP contribution in [0, 0.1) is 5.92 Å². The fourth-order valence-corrected chi connectivity index (χ4v) is 2.76. The second-order valence-corrected chi connectivity index (χ2v) is 6.00. The molecule has 1 atom stereocenters. The lowest BCUT2D eigenvalue weighted by molar-refractivity contribution is 0.0937. The lowest BCUT2D eigenvalue weighted by Crippen LogP contribution is -2.32. The molecule has 3 N–H and O–H groups in total. The largest absolute Gasteiger partial charge is 0.507 e. The molecule has 3 rings (SSSR count). The molecule has 0 aliphatic heterocycles. The van der Waals surface area contributed by atoms with Gasteiger partial charge in [-0.15, -0.1) is 0 Å². The van der Waals surface area contributed by atoms with Crippen LogP contribution in [0.1, 0.15) is 16.1 Å². The van der Waals surface area contributed by atoms with E-state index in [2.05, 4.69) is 10.3 Å². The van der Waals surface area contributed by atoms with Crippen LogP contribution in [-0.4, -0.2) is 34.3 Å². The zero-order chi connectivity index (χ0) is 17.6. The van der Waals surface area contributed by atoms with Gasteiger partial charge in [0.05, 0.1) is 5.56 Å². The van der Waals surface area contributed by atoms with Crippen molar-refractivity contribution in [3.05, 3.63) is 72.1 Å². The minimum Gasteiger partial charge on any atom is -0.507 e. The van der Waals surface area contributed by atoms with Crippen LogP contribution in [-0.2, 0) is 6.42 Å². The number of fused-ring (bicyclic) bond motifs is 1. The summed E-state index contributed by atoms with van der Waals surface area (Å²) in [6.45, 7) is 0.249. The molecule has 0 aliphatic rings. The van der Waals surface area contributed by atoms with Crippen LogP contribution in [0.2, 0.25) is 0 Å². The van der Waals surface area contributed by atoms with E-state index in [4.69, 9.17) is 0 Å². The van der Waals surface area contributed by atoms with Crippen LogP contribution < -0.4 is 5.32 Å². The number of nitrogens with one attached hydrogen (secondary N) is 1. The third-order valence-electron chi connectivity index (χ3n) is 4.14. The number of benzene rings is 2. The highest BCUT2D eigenvalue weighted by Crippen LogP contribution is 2.24. The first-order valence-corrected chi connectivity index (χ1v) is 8.18. The van der Waals surface area contributed by atoms with Crippen molar-refractivity contribution in [1.29, 1.82) is 0 Å². The van der Waals surface area contributed by atoms with Gasteiger partial charge in [0.1, 0.15) is 5.75 Å². The van der Waals surface area contributed by atoms with Crippen molar-refractivity contribution < 1.29 is 15.0 Å². The molecule has 5 nitrogen and oxygen atoms in total. The summed E-state index contributed by atoms with van der Waals surface area (Å²) >= 11 is 0. The molecule has 1 heterocycles. The number of hydrogen-bond donors (Lipinski definition) is 3. The highest BCUT2D eigenvalue weighted by molar-refractivity contribution is 6.01. The molecule has 25 heavy (non-hydrogen) atoms. The SMILES string of the molecule is O=C(NCC(CO)Cc1ccccn1)c1cc2ccccc2cc1O. The first kappa shape index (κ1) is 16.9. The Morgan fingerprint density at radius 3 is 2.48 bits per heavy atom. The smallest absolute Gasteiger partial charge is 0.255 e. The number of aliphatic hydroxyl groups excluding tert-OH is 1. The Morgan fingerprint density at radius 2 is 1.80 bits per heavy atom. The molecule has 0 fully saturated rings. The van der Waals surface area contributed by atoms with Gasteiger partial charge in [-0.05, 0) is 41.5 Å². The van der Waals surface area contributed by atoms with E-state index in [1.54, 1.807) is 18.3 Å². The molecule has 0 saturated heterocycles. The quantitative estimate of drug-likeness (QED) is 0.646. The van der Waals surface area contributed by atoms with Gasteiger partial charge < -0.3 is 15.5 Å². The number of amides is 1. The van der Waals surface area contributed by atoms with Crippen molar-refractivity contribution in [3.8, 4) is 5.75 Å². The fourth-order valence-electron chi connectivity index (χ4n) is 2.76. The number of phenols is 1. The highest BCUT2D eigenvalue weighted by Gasteiger charge is 2.15. The summed E-state index contributed by atoms with van der Waals surface area (Å²) in [5, 5.41) is 24.2. The van der Waals surface area contributed by atoms with Gasteiger partial charge in [-0.1, -0.05) is 30.3 Å². The number of aromatic hydroxyl groups is 1. The maximum Gasteiger partial charge on any atom is 0.255 e. The van der Waals surface area contributed by atoms with Gasteiger partial charge in [0.2, 0.25) is 0 Å². The van der Waals surface area contributed by atoms with Crippen LogP contribution in [0.25, 0.3) is 10.8 Å². The summed E-state index contributed by atoms with van der Waals surface area (Å²) in [6, 6.07) is 16.4. The molecule has 1 amide bonds. The average molecular weight is 336 g/mol. The molecule has 0 saturated carbocycles. The van der Waals surface area contributed by atoms with E-state index in [0.717, 1.165) is 16.5 Å². The number of aromatic nitrogens is 1. The van der Waals surface area contributed by atoms with Crippen LogP contribution in [0.5, 0.6) is 5.75 Å². The number of pyridine rings is 1. The van der Waals surface area contributed by atoms with Crippen molar-refractivity contribution in [2.24, 2.45) is 5.92 Å². The molecule has 1 unspecified atom stereocenters. The van der Waals surface area contributed by atoms with Gasteiger partial charge in [0.25, 0.3) is 5.91 Å². The normalized spacial score (nSPS) is 12.0. The van der Waals surface area contributed by atoms with Crippen molar-refractivity contribution >= 4 is 16.7 Å². The van der Waals surface area contributed by atoms with Gasteiger partial charge in [-0.25, -0.2) is 0 Å². The Morgan fingerprint density at radius 1 is 1.08 bits per heavy atom. The van der Waals surface area contributed by atoms with Crippen molar-refractivity contribution in [2.45, 2.75) is 6.42 Å².